The summed E-state index contributed by atoms with van der Waals surface area (Å²) in [6, 6.07) is 21.1. The van der Waals surface area contributed by atoms with Crippen LogP contribution >= 0.6 is 0 Å². The molecule has 0 fully saturated rings. The molecule has 0 saturated carbocycles. The molecule has 0 unspecified atom stereocenters. The molecule has 126 valence electrons. The molecule has 1 aliphatic carbocycles. The summed E-state index contributed by atoms with van der Waals surface area (Å²) >= 11 is 0. The van der Waals surface area contributed by atoms with E-state index in [1.807, 2.05) is 12.1 Å². The van der Waals surface area contributed by atoms with Gasteiger partial charge in [0.05, 0.1) is 0 Å². The number of hydrogen-bond acceptors (Lipinski definition) is 4. The van der Waals surface area contributed by atoms with Crippen LogP contribution in [0, 0.1) is 0 Å². The van der Waals surface area contributed by atoms with E-state index in [9.17, 15) is 0 Å². The second-order valence-corrected chi connectivity index (χ2v) is 6.41. The molecular formula is C20H16N6. The molecule has 0 radical (unpaired) electrons. The summed E-state index contributed by atoms with van der Waals surface area (Å²) in [4.78, 5) is 0. The van der Waals surface area contributed by atoms with Crippen molar-refractivity contribution in [3.63, 3.8) is 0 Å². The summed E-state index contributed by atoms with van der Waals surface area (Å²) in [6.45, 7) is 0. The SMILES string of the molecule is C1=CC(c2ccccc2)(c2ccccc2)Cc2[nH]nc(-c3nn[nH]n3)c21. The van der Waals surface area contributed by atoms with Crippen LogP contribution in [0.4, 0.5) is 0 Å². The van der Waals surface area contributed by atoms with Crippen molar-refractivity contribution in [3.8, 4) is 11.5 Å². The third-order valence-electron chi connectivity index (χ3n) is 5.01. The van der Waals surface area contributed by atoms with Gasteiger partial charge < -0.3 is 0 Å². The van der Waals surface area contributed by atoms with Gasteiger partial charge in [0.1, 0.15) is 5.69 Å². The standard InChI is InChI=1S/C20H16N6/c1-3-7-14(8-4-1)20(15-9-5-2-6-10-15)12-11-16-17(13-20)21-22-18(16)19-23-25-26-24-19/h1-12H,13H2,(H,21,22)(H,23,24,25,26). The number of nitrogens with zero attached hydrogens (tertiary/aromatic N) is 4. The van der Waals surface area contributed by atoms with Crippen LogP contribution < -0.4 is 0 Å². The minimum atomic E-state index is -0.240. The molecule has 1 aliphatic rings. The van der Waals surface area contributed by atoms with E-state index in [1.165, 1.54) is 11.1 Å². The van der Waals surface area contributed by atoms with Crippen LogP contribution in [0.25, 0.3) is 17.6 Å². The second kappa shape index (κ2) is 5.77. The van der Waals surface area contributed by atoms with E-state index in [2.05, 4.69) is 91.5 Å². The van der Waals surface area contributed by atoms with Crippen molar-refractivity contribution in [2.45, 2.75) is 11.8 Å². The number of nitrogens with one attached hydrogen (secondary N) is 2. The zero-order valence-electron chi connectivity index (χ0n) is 13.9. The summed E-state index contributed by atoms with van der Waals surface area (Å²) in [5.74, 6) is 0.499. The van der Waals surface area contributed by atoms with E-state index in [0.29, 0.717) is 5.82 Å². The molecule has 4 aromatic rings. The van der Waals surface area contributed by atoms with Gasteiger partial charge in [-0.05, 0) is 16.3 Å². The van der Waals surface area contributed by atoms with Gasteiger partial charge in [-0.15, -0.1) is 10.2 Å². The zero-order chi connectivity index (χ0) is 17.4. The van der Waals surface area contributed by atoms with E-state index < -0.39 is 0 Å². The molecule has 0 bridgehead atoms. The Morgan fingerprint density at radius 1 is 0.846 bits per heavy atom. The number of aromatic nitrogens is 6. The van der Waals surface area contributed by atoms with Gasteiger partial charge >= 0.3 is 0 Å². The predicted octanol–water partition coefficient (Wildman–Crippen LogP) is 3.15. The third-order valence-corrected chi connectivity index (χ3v) is 5.01. The first-order valence-electron chi connectivity index (χ1n) is 8.48. The topological polar surface area (TPSA) is 83.1 Å². The smallest absolute Gasteiger partial charge is 0.225 e. The van der Waals surface area contributed by atoms with Crippen LogP contribution in [0.3, 0.4) is 0 Å². The van der Waals surface area contributed by atoms with Gasteiger partial charge in [-0.25, -0.2) is 0 Å². The Morgan fingerprint density at radius 2 is 1.54 bits per heavy atom. The summed E-state index contributed by atoms with van der Waals surface area (Å²) in [5, 5.41) is 21.9. The van der Waals surface area contributed by atoms with Crippen molar-refractivity contribution < 1.29 is 0 Å². The summed E-state index contributed by atoms with van der Waals surface area (Å²) in [7, 11) is 0. The fourth-order valence-electron chi connectivity index (χ4n) is 3.73. The first kappa shape index (κ1) is 14.8. The van der Waals surface area contributed by atoms with E-state index in [1.54, 1.807) is 0 Å². The Hall–Kier alpha value is -3.54. The highest BCUT2D eigenvalue weighted by atomic mass is 15.5. The number of tetrazole rings is 1. The number of allylic oxidation sites excluding steroid dienone is 1. The molecule has 0 aliphatic heterocycles. The van der Waals surface area contributed by atoms with Gasteiger partial charge in [-0.1, -0.05) is 72.8 Å². The van der Waals surface area contributed by atoms with Crippen LogP contribution in [0.5, 0.6) is 0 Å². The Labute approximate surface area is 150 Å². The van der Waals surface area contributed by atoms with Gasteiger partial charge in [0.2, 0.25) is 5.82 Å². The van der Waals surface area contributed by atoms with E-state index in [0.717, 1.165) is 23.4 Å². The normalized spacial score (nSPS) is 14.9. The summed E-state index contributed by atoms with van der Waals surface area (Å²) < 4.78 is 0. The van der Waals surface area contributed by atoms with Crippen molar-refractivity contribution in [1.29, 1.82) is 0 Å². The van der Waals surface area contributed by atoms with Crippen LogP contribution in [0.15, 0.2) is 66.7 Å². The number of hydrogen-bond donors (Lipinski definition) is 2. The van der Waals surface area contributed by atoms with Crippen LogP contribution in [0.2, 0.25) is 0 Å². The molecule has 0 amide bonds. The zero-order valence-corrected chi connectivity index (χ0v) is 13.9. The Bertz CT molecular complexity index is 1010. The summed E-state index contributed by atoms with van der Waals surface area (Å²) in [6.07, 6.45) is 5.17. The Morgan fingerprint density at radius 3 is 2.15 bits per heavy atom. The van der Waals surface area contributed by atoms with Gasteiger partial charge in [-0.2, -0.15) is 10.3 Å². The third kappa shape index (κ3) is 2.19. The number of benzene rings is 2. The van der Waals surface area contributed by atoms with Crippen molar-refractivity contribution in [3.05, 3.63) is 89.1 Å². The number of H-pyrrole nitrogens is 2. The van der Waals surface area contributed by atoms with E-state index in [4.69, 9.17) is 0 Å². The first-order valence-corrected chi connectivity index (χ1v) is 8.48. The molecule has 6 heteroatoms. The van der Waals surface area contributed by atoms with Gasteiger partial charge in [0.15, 0.2) is 0 Å². The quantitative estimate of drug-likeness (QED) is 0.600. The monoisotopic (exact) mass is 340 g/mol. The first-order chi connectivity index (χ1) is 12.9. The van der Waals surface area contributed by atoms with Gasteiger partial charge in [0.25, 0.3) is 0 Å². The molecule has 2 heterocycles. The average Bonchev–Trinajstić information content (AvgIpc) is 3.38. The number of fused-ring (bicyclic) bond motifs is 1. The average molecular weight is 340 g/mol. The molecular weight excluding hydrogens is 324 g/mol. The minimum absolute atomic E-state index is 0.240. The molecule has 2 aromatic heterocycles. The molecule has 5 rings (SSSR count). The molecule has 0 spiro atoms. The molecule has 2 aromatic carbocycles. The van der Waals surface area contributed by atoms with Crippen LogP contribution in [-0.2, 0) is 11.8 Å². The van der Waals surface area contributed by atoms with Gasteiger partial charge in [0, 0.05) is 23.1 Å². The molecule has 0 saturated heterocycles. The lowest BCUT2D eigenvalue weighted by Gasteiger charge is -2.34. The largest absolute Gasteiger partial charge is 0.281 e. The van der Waals surface area contributed by atoms with E-state index in [-0.39, 0.29) is 5.41 Å². The highest BCUT2D eigenvalue weighted by Gasteiger charge is 2.36. The van der Waals surface area contributed by atoms with Crippen molar-refractivity contribution in [2.75, 3.05) is 0 Å². The minimum Gasteiger partial charge on any atom is -0.281 e. The highest BCUT2D eigenvalue weighted by molar-refractivity contribution is 5.73. The lowest BCUT2D eigenvalue weighted by Crippen LogP contribution is -2.30. The van der Waals surface area contributed by atoms with Crippen molar-refractivity contribution in [2.24, 2.45) is 0 Å². The Kier molecular flexibility index (Phi) is 3.28. The molecule has 2 N–H and O–H groups in total. The van der Waals surface area contributed by atoms with Crippen LogP contribution in [0.1, 0.15) is 22.4 Å². The van der Waals surface area contributed by atoms with Crippen LogP contribution in [-0.4, -0.2) is 30.8 Å². The maximum atomic E-state index is 4.43. The maximum Gasteiger partial charge on any atom is 0.225 e. The Balaban J connectivity index is 1.67. The highest BCUT2D eigenvalue weighted by Crippen LogP contribution is 2.42. The summed E-state index contributed by atoms with van der Waals surface area (Å²) in [5.41, 5.74) is 5.08. The second-order valence-electron chi connectivity index (χ2n) is 6.41. The van der Waals surface area contributed by atoms with E-state index >= 15 is 0 Å². The molecule has 0 atom stereocenters. The number of rotatable bonds is 3. The van der Waals surface area contributed by atoms with Gasteiger partial charge in [-0.3, -0.25) is 5.10 Å². The lowest BCUT2D eigenvalue weighted by molar-refractivity contribution is 0.620. The van der Waals surface area contributed by atoms with Crippen molar-refractivity contribution in [1.82, 2.24) is 30.8 Å². The lowest BCUT2D eigenvalue weighted by atomic mass is 9.68. The fourth-order valence-corrected chi connectivity index (χ4v) is 3.73. The maximum absolute atomic E-state index is 4.43. The van der Waals surface area contributed by atoms with Crippen molar-refractivity contribution >= 4 is 6.08 Å². The molecule has 6 nitrogen and oxygen atoms in total. The number of aromatic amines is 2. The predicted molar refractivity (Wildman–Crippen MR) is 98.2 cm³/mol. The molecule has 26 heavy (non-hydrogen) atoms. The fraction of sp³-hybridized carbons (Fsp3) is 0.100.